The molecule has 1 heterocycles. The summed E-state index contributed by atoms with van der Waals surface area (Å²) in [6, 6.07) is 27.6. The molecule has 146 valence electrons. The fraction of sp³-hybridized carbons (Fsp3) is 0.192. The Morgan fingerprint density at radius 3 is 2.24 bits per heavy atom. The van der Waals surface area contributed by atoms with Gasteiger partial charge in [0, 0.05) is 10.9 Å². The van der Waals surface area contributed by atoms with Crippen LogP contribution < -0.4 is 4.74 Å². The summed E-state index contributed by atoms with van der Waals surface area (Å²) in [6.07, 6.45) is 0.946. The Balaban J connectivity index is 0.00000205. The van der Waals surface area contributed by atoms with Crippen molar-refractivity contribution >= 4 is 39.7 Å². The van der Waals surface area contributed by atoms with Crippen LogP contribution in [0.5, 0.6) is 5.75 Å². The fourth-order valence-electron chi connectivity index (χ4n) is 4.27. The van der Waals surface area contributed by atoms with Gasteiger partial charge in [0.2, 0.25) is 0 Å². The third-order valence-corrected chi connectivity index (χ3v) is 5.51. The third kappa shape index (κ3) is 3.61. The highest BCUT2D eigenvalue weighted by Crippen LogP contribution is 2.33. The second-order valence-electron chi connectivity index (χ2n) is 8.13. The molecule has 0 spiro atoms. The van der Waals surface area contributed by atoms with E-state index in [0.717, 1.165) is 23.3 Å². The SMILES string of the molecule is CC1(C)Cc2c(ccc3ccccc23)C(COc2cccc3ccccc23)=N1.Cl. The first-order valence-electron chi connectivity index (χ1n) is 9.81. The highest BCUT2D eigenvalue weighted by Gasteiger charge is 2.28. The van der Waals surface area contributed by atoms with Crippen LogP contribution in [-0.2, 0) is 6.42 Å². The lowest BCUT2D eigenvalue weighted by Crippen LogP contribution is -2.31. The molecule has 0 saturated heterocycles. The second kappa shape index (κ2) is 7.53. The highest BCUT2D eigenvalue weighted by atomic mass is 35.5. The van der Waals surface area contributed by atoms with Crippen LogP contribution in [0.2, 0.25) is 0 Å². The minimum Gasteiger partial charge on any atom is -0.487 e. The van der Waals surface area contributed by atoms with Crippen LogP contribution in [0.1, 0.15) is 25.0 Å². The molecule has 4 aromatic carbocycles. The van der Waals surface area contributed by atoms with Crippen molar-refractivity contribution in [3.63, 3.8) is 0 Å². The molecule has 0 atom stereocenters. The topological polar surface area (TPSA) is 21.6 Å². The molecule has 3 heteroatoms. The first-order chi connectivity index (χ1) is 13.6. The summed E-state index contributed by atoms with van der Waals surface area (Å²) in [4.78, 5) is 5.05. The molecule has 0 amide bonds. The Labute approximate surface area is 177 Å². The van der Waals surface area contributed by atoms with E-state index in [2.05, 4.69) is 80.6 Å². The van der Waals surface area contributed by atoms with Gasteiger partial charge in [0.15, 0.2) is 0 Å². The maximum atomic E-state index is 6.29. The molecule has 0 saturated carbocycles. The summed E-state index contributed by atoms with van der Waals surface area (Å²) in [6.45, 7) is 4.88. The van der Waals surface area contributed by atoms with E-state index in [4.69, 9.17) is 9.73 Å². The van der Waals surface area contributed by atoms with Crippen molar-refractivity contribution in [2.45, 2.75) is 25.8 Å². The molecule has 1 aliphatic rings. The molecule has 0 aromatic heterocycles. The van der Waals surface area contributed by atoms with Gasteiger partial charge in [0.05, 0.1) is 11.3 Å². The summed E-state index contributed by atoms with van der Waals surface area (Å²) in [5.74, 6) is 0.909. The monoisotopic (exact) mass is 401 g/mol. The smallest absolute Gasteiger partial charge is 0.130 e. The van der Waals surface area contributed by atoms with Crippen molar-refractivity contribution in [2.75, 3.05) is 6.61 Å². The Bertz CT molecular complexity index is 1220. The van der Waals surface area contributed by atoms with E-state index in [1.165, 1.54) is 27.3 Å². The highest BCUT2D eigenvalue weighted by molar-refractivity contribution is 6.08. The predicted octanol–water partition coefficient (Wildman–Crippen LogP) is 6.62. The largest absolute Gasteiger partial charge is 0.487 e. The van der Waals surface area contributed by atoms with Crippen molar-refractivity contribution in [1.82, 2.24) is 0 Å². The van der Waals surface area contributed by atoms with Crippen LogP contribution in [-0.4, -0.2) is 17.9 Å². The van der Waals surface area contributed by atoms with E-state index in [-0.39, 0.29) is 17.9 Å². The van der Waals surface area contributed by atoms with Gasteiger partial charge in [-0.15, -0.1) is 12.4 Å². The van der Waals surface area contributed by atoms with Crippen molar-refractivity contribution in [1.29, 1.82) is 0 Å². The standard InChI is InChI=1S/C26H23NO.ClH/c1-26(2)16-23-20-11-5-3-9-19(20)14-15-22(23)24(27-26)17-28-25-13-7-10-18-8-4-6-12-21(18)25;/h3-15H,16-17H2,1-2H3;1H. The number of fused-ring (bicyclic) bond motifs is 4. The minimum atomic E-state index is -0.130. The molecular weight excluding hydrogens is 378 g/mol. The van der Waals surface area contributed by atoms with Gasteiger partial charge in [0.25, 0.3) is 0 Å². The molecule has 2 nitrogen and oxygen atoms in total. The van der Waals surface area contributed by atoms with Crippen molar-refractivity contribution < 1.29 is 4.74 Å². The average molecular weight is 402 g/mol. The molecule has 0 unspecified atom stereocenters. The average Bonchev–Trinajstić information content (AvgIpc) is 2.71. The number of rotatable bonds is 3. The number of benzene rings is 4. The number of halogens is 1. The van der Waals surface area contributed by atoms with E-state index in [0.29, 0.717) is 6.61 Å². The Morgan fingerprint density at radius 1 is 0.793 bits per heavy atom. The van der Waals surface area contributed by atoms with E-state index in [9.17, 15) is 0 Å². The fourth-order valence-corrected chi connectivity index (χ4v) is 4.27. The summed E-state index contributed by atoms with van der Waals surface area (Å²) in [7, 11) is 0. The number of nitrogens with zero attached hydrogens (tertiary/aromatic N) is 1. The number of hydrogen-bond acceptors (Lipinski definition) is 2. The molecule has 4 aromatic rings. The maximum absolute atomic E-state index is 6.29. The zero-order chi connectivity index (χ0) is 19.1. The van der Waals surface area contributed by atoms with Crippen molar-refractivity contribution in [3.05, 3.63) is 90.0 Å². The summed E-state index contributed by atoms with van der Waals surface area (Å²) in [5, 5.41) is 4.94. The quantitative estimate of drug-likeness (QED) is 0.378. The molecule has 0 radical (unpaired) electrons. The normalized spacial score (nSPS) is 14.8. The van der Waals surface area contributed by atoms with Gasteiger partial charge < -0.3 is 4.74 Å². The van der Waals surface area contributed by atoms with Gasteiger partial charge in [-0.25, -0.2) is 0 Å². The third-order valence-electron chi connectivity index (χ3n) is 5.51. The van der Waals surface area contributed by atoms with Gasteiger partial charge in [-0.05, 0) is 48.1 Å². The molecule has 0 fully saturated rings. The maximum Gasteiger partial charge on any atom is 0.130 e. The first kappa shape index (κ1) is 19.5. The van der Waals surface area contributed by atoms with Crippen LogP contribution in [0.25, 0.3) is 21.5 Å². The Morgan fingerprint density at radius 2 is 1.45 bits per heavy atom. The molecular formula is C26H24ClNO. The number of aliphatic imine (C=N–C) groups is 1. The van der Waals surface area contributed by atoms with Crippen molar-refractivity contribution in [3.8, 4) is 5.75 Å². The summed E-state index contributed by atoms with van der Waals surface area (Å²) in [5.41, 5.74) is 3.51. The zero-order valence-corrected chi connectivity index (χ0v) is 17.5. The predicted molar refractivity (Wildman–Crippen MR) is 125 cm³/mol. The van der Waals surface area contributed by atoms with Gasteiger partial charge in [-0.2, -0.15) is 0 Å². The van der Waals surface area contributed by atoms with Crippen LogP contribution in [0.15, 0.2) is 83.9 Å². The summed E-state index contributed by atoms with van der Waals surface area (Å²) >= 11 is 0. The van der Waals surface area contributed by atoms with Gasteiger partial charge >= 0.3 is 0 Å². The zero-order valence-electron chi connectivity index (χ0n) is 16.7. The van der Waals surface area contributed by atoms with Gasteiger partial charge in [0.1, 0.15) is 12.4 Å². The summed E-state index contributed by atoms with van der Waals surface area (Å²) < 4.78 is 6.29. The van der Waals surface area contributed by atoms with Crippen LogP contribution in [0, 0.1) is 0 Å². The Kier molecular flexibility index (Phi) is 5.06. The second-order valence-corrected chi connectivity index (χ2v) is 8.13. The molecule has 29 heavy (non-hydrogen) atoms. The van der Waals surface area contributed by atoms with Crippen molar-refractivity contribution in [2.24, 2.45) is 4.99 Å². The molecule has 1 aliphatic heterocycles. The first-order valence-corrected chi connectivity index (χ1v) is 9.81. The lowest BCUT2D eigenvalue weighted by atomic mass is 9.84. The van der Waals surface area contributed by atoms with E-state index >= 15 is 0 Å². The molecule has 0 aliphatic carbocycles. The van der Waals surface area contributed by atoms with E-state index in [1.54, 1.807) is 0 Å². The molecule has 5 rings (SSSR count). The van der Waals surface area contributed by atoms with Gasteiger partial charge in [-0.3, -0.25) is 4.99 Å². The molecule has 0 N–H and O–H groups in total. The van der Waals surface area contributed by atoms with E-state index < -0.39 is 0 Å². The lowest BCUT2D eigenvalue weighted by molar-refractivity contribution is 0.376. The van der Waals surface area contributed by atoms with Crippen LogP contribution in [0.3, 0.4) is 0 Å². The lowest BCUT2D eigenvalue weighted by Gasteiger charge is -2.30. The van der Waals surface area contributed by atoms with Gasteiger partial charge in [-0.1, -0.05) is 72.8 Å². The van der Waals surface area contributed by atoms with Crippen LogP contribution >= 0.6 is 12.4 Å². The number of ether oxygens (including phenoxy) is 1. The minimum absolute atomic E-state index is 0. The number of hydrogen-bond donors (Lipinski definition) is 0. The molecule has 0 bridgehead atoms. The van der Waals surface area contributed by atoms with Crippen LogP contribution in [0.4, 0.5) is 0 Å². The van der Waals surface area contributed by atoms with E-state index in [1.807, 2.05) is 12.1 Å². The Hall–Kier alpha value is -2.84.